The van der Waals surface area contributed by atoms with Crippen molar-refractivity contribution in [1.29, 1.82) is 0 Å². The molecule has 116 valence electrons. The summed E-state index contributed by atoms with van der Waals surface area (Å²) in [6, 6.07) is 9.72. The van der Waals surface area contributed by atoms with Gasteiger partial charge in [-0.25, -0.2) is 4.98 Å². The number of benzene rings is 1. The van der Waals surface area contributed by atoms with E-state index in [0.29, 0.717) is 0 Å². The summed E-state index contributed by atoms with van der Waals surface area (Å²) >= 11 is 0. The molecule has 3 aromatic rings. The number of aromatic nitrogens is 2. The van der Waals surface area contributed by atoms with Crippen molar-refractivity contribution in [2.24, 2.45) is 5.73 Å². The molecule has 2 aromatic heterocycles. The standard InChI is InChI=1S/C18H17N3O2/c1-11(22)12-2-4-13(5-3-12)15-8-16-14(6-7-17(19)23)9-20-18(16)21-10-15/h2-11,22H,1H3,(H2,19,23)(H,20,21). The molecule has 0 spiro atoms. The lowest BCUT2D eigenvalue weighted by molar-refractivity contribution is -0.113. The van der Waals surface area contributed by atoms with Crippen LogP contribution in [-0.4, -0.2) is 21.0 Å². The number of carbonyl (C=O) groups is 1. The van der Waals surface area contributed by atoms with Crippen LogP contribution in [0.15, 0.2) is 48.8 Å². The SMILES string of the molecule is CC(O)c1ccc(-c2cnc3[nH]cc(C=CC(N)=O)c3c2)cc1. The zero-order chi connectivity index (χ0) is 16.4. The van der Waals surface area contributed by atoms with Crippen molar-refractivity contribution in [3.05, 3.63) is 59.9 Å². The number of nitrogens with one attached hydrogen (secondary N) is 1. The van der Waals surface area contributed by atoms with Crippen LogP contribution in [0.3, 0.4) is 0 Å². The van der Waals surface area contributed by atoms with Crippen molar-refractivity contribution in [3.63, 3.8) is 0 Å². The Kier molecular flexibility index (Phi) is 3.95. The van der Waals surface area contributed by atoms with Crippen molar-refractivity contribution >= 4 is 23.0 Å². The minimum Gasteiger partial charge on any atom is -0.389 e. The molecule has 23 heavy (non-hydrogen) atoms. The van der Waals surface area contributed by atoms with Gasteiger partial charge in [-0.3, -0.25) is 4.79 Å². The molecule has 0 aliphatic carbocycles. The van der Waals surface area contributed by atoms with E-state index in [-0.39, 0.29) is 0 Å². The first-order valence-electron chi connectivity index (χ1n) is 7.27. The highest BCUT2D eigenvalue weighted by Gasteiger charge is 2.07. The van der Waals surface area contributed by atoms with Crippen LogP contribution in [0.5, 0.6) is 0 Å². The van der Waals surface area contributed by atoms with Crippen LogP contribution in [0.25, 0.3) is 28.2 Å². The molecule has 0 radical (unpaired) electrons. The third kappa shape index (κ3) is 3.14. The summed E-state index contributed by atoms with van der Waals surface area (Å²) < 4.78 is 0. The van der Waals surface area contributed by atoms with Gasteiger partial charge in [0.25, 0.3) is 0 Å². The Bertz CT molecular complexity index is 877. The number of H-pyrrole nitrogens is 1. The number of rotatable bonds is 4. The molecule has 5 heteroatoms. The van der Waals surface area contributed by atoms with Crippen LogP contribution in [0.2, 0.25) is 0 Å². The molecule has 1 aromatic carbocycles. The molecule has 1 amide bonds. The van der Waals surface area contributed by atoms with Gasteiger partial charge in [0, 0.05) is 35.0 Å². The second-order valence-corrected chi connectivity index (χ2v) is 5.40. The summed E-state index contributed by atoms with van der Waals surface area (Å²) in [6.07, 6.45) is 6.09. The molecule has 0 saturated heterocycles. The number of nitrogens with zero attached hydrogens (tertiary/aromatic N) is 1. The van der Waals surface area contributed by atoms with Crippen LogP contribution in [0.1, 0.15) is 24.2 Å². The van der Waals surface area contributed by atoms with E-state index >= 15 is 0 Å². The number of carbonyl (C=O) groups excluding carboxylic acids is 1. The molecule has 3 rings (SSSR count). The minimum atomic E-state index is -0.489. The zero-order valence-electron chi connectivity index (χ0n) is 12.7. The van der Waals surface area contributed by atoms with E-state index in [1.807, 2.05) is 30.3 Å². The fourth-order valence-corrected chi connectivity index (χ4v) is 2.45. The number of nitrogens with two attached hydrogens (primary N) is 1. The Morgan fingerprint density at radius 2 is 2.04 bits per heavy atom. The second-order valence-electron chi connectivity index (χ2n) is 5.40. The van der Waals surface area contributed by atoms with E-state index in [9.17, 15) is 9.90 Å². The third-order valence-electron chi connectivity index (χ3n) is 3.72. The number of primary amides is 1. The van der Waals surface area contributed by atoms with Crippen molar-refractivity contribution in [2.75, 3.05) is 0 Å². The molecule has 0 fully saturated rings. The highest BCUT2D eigenvalue weighted by Crippen LogP contribution is 2.26. The van der Waals surface area contributed by atoms with Gasteiger partial charge in [0.05, 0.1) is 6.10 Å². The summed E-state index contributed by atoms with van der Waals surface area (Å²) in [4.78, 5) is 18.4. The Morgan fingerprint density at radius 1 is 1.30 bits per heavy atom. The van der Waals surface area contributed by atoms with Gasteiger partial charge in [0.1, 0.15) is 5.65 Å². The fraction of sp³-hybridized carbons (Fsp3) is 0.111. The topological polar surface area (TPSA) is 92.0 Å². The van der Waals surface area contributed by atoms with Crippen molar-refractivity contribution < 1.29 is 9.90 Å². The zero-order valence-corrected chi connectivity index (χ0v) is 12.7. The van der Waals surface area contributed by atoms with E-state index < -0.39 is 12.0 Å². The maximum Gasteiger partial charge on any atom is 0.241 e. The number of aromatic amines is 1. The normalized spacial score (nSPS) is 12.8. The van der Waals surface area contributed by atoms with Crippen molar-refractivity contribution in [3.8, 4) is 11.1 Å². The Hall–Kier alpha value is -2.92. The Balaban J connectivity index is 2.01. The third-order valence-corrected chi connectivity index (χ3v) is 3.72. The maximum absolute atomic E-state index is 10.9. The number of amides is 1. The monoisotopic (exact) mass is 307 g/mol. The van der Waals surface area contributed by atoms with Gasteiger partial charge in [-0.2, -0.15) is 0 Å². The second kappa shape index (κ2) is 6.06. The van der Waals surface area contributed by atoms with Crippen LogP contribution in [0.4, 0.5) is 0 Å². The number of pyridine rings is 1. The number of aliphatic hydroxyl groups excluding tert-OH is 1. The number of aliphatic hydroxyl groups is 1. The van der Waals surface area contributed by atoms with Crippen LogP contribution in [0, 0.1) is 0 Å². The maximum atomic E-state index is 10.9. The lowest BCUT2D eigenvalue weighted by atomic mass is 10.0. The lowest BCUT2D eigenvalue weighted by Gasteiger charge is -2.06. The summed E-state index contributed by atoms with van der Waals surface area (Å²) in [6.45, 7) is 1.74. The minimum absolute atomic E-state index is 0.486. The van der Waals surface area contributed by atoms with Gasteiger partial charge < -0.3 is 15.8 Å². The first-order valence-corrected chi connectivity index (χ1v) is 7.27. The van der Waals surface area contributed by atoms with E-state index in [1.165, 1.54) is 6.08 Å². The average Bonchev–Trinajstić information content (AvgIpc) is 2.95. The molecule has 0 bridgehead atoms. The first-order chi connectivity index (χ1) is 11.0. The van der Waals surface area contributed by atoms with E-state index in [1.54, 1.807) is 25.4 Å². The molecule has 4 N–H and O–H groups in total. The Morgan fingerprint density at radius 3 is 2.70 bits per heavy atom. The van der Waals surface area contributed by atoms with Crippen molar-refractivity contribution in [2.45, 2.75) is 13.0 Å². The molecular formula is C18H17N3O2. The van der Waals surface area contributed by atoms with Gasteiger partial charge in [-0.1, -0.05) is 24.3 Å². The van der Waals surface area contributed by atoms with Gasteiger partial charge in [0.2, 0.25) is 5.91 Å². The molecule has 2 heterocycles. The molecule has 1 atom stereocenters. The summed E-state index contributed by atoms with van der Waals surface area (Å²) in [5.74, 6) is -0.489. The molecule has 0 saturated carbocycles. The van der Waals surface area contributed by atoms with Gasteiger partial charge in [-0.15, -0.1) is 0 Å². The highest BCUT2D eigenvalue weighted by atomic mass is 16.3. The average molecular weight is 307 g/mol. The first kappa shape index (κ1) is 15.0. The fourth-order valence-electron chi connectivity index (χ4n) is 2.45. The predicted molar refractivity (Wildman–Crippen MR) is 90.4 cm³/mol. The smallest absolute Gasteiger partial charge is 0.241 e. The van der Waals surface area contributed by atoms with Crippen LogP contribution < -0.4 is 5.73 Å². The van der Waals surface area contributed by atoms with Crippen LogP contribution in [-0.2, 0) is 4.79 Å². The Labute approximate surface area is 133 Å². The summed E-state index contributed by atoms with van der Waals surface area (Å²) in [5.41, 5.74) is 9.58. The lowest BCUT2D eigenvalue weighted by Crippen LogP contribution is -2.04. The molecule has 1 unspecified atom stereocenters. The van der Waals surface area contributed by atoms with Gasteiger partial charge in [-0.05, 0) is 30.2 Å². The number of hydrogen-bond donors (Lipinski definition) is 3. The summed E-state index contributed by atoms with van der Waals surface area (Å²) in [7, 11) is 0. The van der Waals surface area contributed by atoms with Crippen molar-refractivity contribution in [1.82, 2.24) is 9.97 Å². The highest BCUT2D eigenvalue weighted by molar-refractivity contribution is 5.95. The molecule has 0 aliphatic heterocycles. The predicted octanol–water partition coefficient (Wildman–Crippen LogP) is 2.78. The molecule has 0 aliphatic rings. The van der Waals surface area contributed by atoms with E-state index in [2.05, 4.69) is 9.97 Å². The molecule has 5 nitrogen and oxygen atoms in total. The summed E-state index contributed by atoms with van der Waals surface area (Å²) in [5, 5.41) is 10.5. The van der Waals surface area contributed by atoms with E-state index in [0.717, 1.165) is 33.3 Å². The van der Waals surface area contributed by atoms with Gasteiger partial charge >= 0.3 is 0 Å². The van der Waals surface area contributed by atoms with E-state index in [4.69, 9.17) is 5.73 Å². The quantitative estimate of drug-likeness (QED) is 0.647. The number of fused-ring (bicyclic) bond motifs is 1. The number of hydrogen-bond acceptors (Lipinski definition) is 3. The largest absolute Gasteiger partial charge is 0.389 e. The van der Waals surface area contributed by atoms with Crippen LogP contribution >= 0.6 is 0 Å². The van der Waals surface area contributed by atoms with Gasteiger partial charge in [0.15, 0.2) is 0 Å². The molecular weight excluding hydrogens is 290 g/mol.